The summed E-state index contributed by atoms with van der Waals surface area (Å²) in [6.07, 6.45) is 1.12. The summed E-state index contributed by atoms with van der Waals surface area (Å²) in [6, 6.07) is 12.9. The van der Waals surface area contributed by atoms with Crippen molar-refractivity contribution < 1.29 is 4.79 Å². The number of thiophene rings is 1. The van der Waals surface area contributed by atoms with Crippen LogP contribution in [0.1, 0.15) is 59.6 Å². The molecule has 2 heterocycles. The molecule has 2 atom stereocenters. The van der Waals surface area contributed by atoms with Crippen LogP contribution in [0.2, 0.25) is 0 Å². The number of hydrogen-bond donors (Lipinski definition) is 2. The van der Waals surface area contributed by atoms with Gasteiger partial charge in [-0.2, -0.15) is 5.10 Å². The zero-order valence-electron chi connectivity index (χ0n) is 17.8. The fourth-order valence-electron chi connectivity index (χ4n) is 3.42. The minimum Gasteiger partial charge on any atom is -0.322 e. The highest BCUT2D eigenvalue weighted by Gasteiger charge is 2.18. The van der Waals surface area contributed by atoms with E-state index in [1.54, 1.807) is 16.0 Å². The molecule has 1 amide bonds. The molecule has 0 radical (unpaired) electrons. The summed E-state index contributed by atoms with van der Waals surface area (Å²) in [5, 5.41) is 12.9. The lowest BCUT2D eigenvalue weighted by Gasteiger charge is -2.19. The molecule has 2 aromatic heterocycles. The van der Waals surface area contributed by atoms with Crippen LogP contribution in [-0.4, -0.2) is 22.2 Å². The average molecular weight is 411 g/mol. The van der Waals surface area contributed by atoms with Gasteiger partial charge in [0.25, 0.3) is 0 Å². The van der Waals surface area contributed by atoms with Crippen LogP contribution in [0.15, 0.2) is 41.8 Å². The lowest BCUT2D eigenvalue weighted by atomic mass is 9.95. The van der Waals surface area contributed by atoms with E-state index in [-0.39, 0.29) is 18.5 Å². The zero-order chi connectivity index (χ0) is 21.0. The maximum absolute atomic E-state index is 12.6. The van der Waals surface area contributed by atoms with E-state index in [0.29, 0.717) is 5.92 Å². The van der Waals surface area contributed by atoms with Gasteiger partial charge in [-0.15, -0.1) is 11.3 Å². The molecule has 0 aliphatic heterocycles. The van der Waals surface area contributed by atoms with Gasteiger partial charge < -0.3 is 5.32 Å². The van der Waals surface area contributed by atoms with Gasteiger partial charge in [0.1, 0.15) is 0 Å². The van der Waals surface area contributed by atoms with Gasteiger partial charge in [0, 0.05) is 11.9 Å². The van der Waals surface area contributed by atoms with Crippen LogP contribution in [-0.2, 0) is 11.8 Å². The van der Waals surface area contributed by atoms with Gasteiger partial charge in [-0.1, -0.05) is 44.2 Å². The van der Waals surface area contributed by atoms with Gasteiger partial charge in [-0.3, -0.25) is 14.8 Å². The van der Waals surface area contributed by atoms with Gasteiger partial charge in [-0.25, -0.2) is 0 Å². The monoisotopic (exact) mass is 410 g/mol. The van der Waals surface area contributed by atoms with Gasteiger partial charge in [0.15, 0.2) is 0 Å². The van der Waals surface area contributed by atoms with Crippen LogP contribution in [0.4, 0.5) is 5.69 Å². The molecule has 6 heteroatoms. The number of amides is 1. The number of nitrogens with zero attached hydrogens (tertiary/aromatic N) is 2. The Morgan fingerprint density at radius 1 is 1.17 bits per heavy atom. The Labute approximate surface area is 177 Å². The van der Waals surface area contributed by atoms with Crippen molar-refractivity contribution in [3.05, 3.63) is 69.2 Å². The van der Waals surface area contributed by atoms with Crippen LogP contribution < -0.4 is 10.6 Å². The highest BCUT2D eigenvalue weighted by atomic mass is 32.1. The third-order valence-corrected chi connectivity index (χ3v) is 6.46. The molecule has 0 aliphatic rings. The highest BCUT2D eigenvalue weighted by molar-refractivity contribution is 7.10. The molecule has 3 rings (SSSR count). The van der Waals surface area contributed by atoms with E-state index in [0.717, 1.165) is 23.5 Å². The number of nitrogens with one attached hydrogen (secondary N) is 2. The Balaban J connectivity index is 1.72. The van der Waals surface area contributed by atoms with Gasteiger partial charge in [-0.05, 0) is 48.8 Å². The molecule has 0 spiro atoms. The first-order chi connectivity index (χ1) is 13.9. The molecule has 3 aromatic rings. The van der Waals surface area contributed by atoms with Crippen molar-refractivity contribution in [2.24, 2.45) is 7.05 Å². The van der Waals surface area contributed by atoms with E-state index in [1.165, 1.54) is 16.0 Å². The van der Waals surface area contributed by atoms with Crippen LogP contribution >= 0.6 is 11.3 Å². The maximum atomic E-state index is 12.6. The van der Waals surface area contributed by atoms with Crippen LogP contribution in [0.25, 0.3) is 0 Å². The van der Waals surface area contributed by atoms with E-state index in [2.05, 4.69) is 65.3 Å². The predicted molar refractivity (Wildman–Crippen MR) is 121 cm³/mol. The Hall–Kier alpha value is -2.44. The van der Waals surface area contributed by atoms with Crippen LogP contribution in [0, 0.1) is 13.8 Å². The largest absolute Gasteiger partial charge is 0.322 e. The molecule has 5 nitrogen and oxygen atoms in total. The molecule has 1 aromatic carbocycles. The predicted octanol–water partition coefficient (Wildman–Crippen LogP) is 4.93. The van der Waals surface area contributed by atoms with Gasteiger partial charge >= 0.3 is 0 Å². The van der Waals surface area contributed by atoms with Gasteiger partial charge in [0.2, 0.25) is 5.91 Å². The summed E-state index contributed by atoms with van der Waals surface area (Å²) in [4.78, 5) is 13.8. The van der Waals surface area contributed by atoms with Crippen LogP contribution in [0.5, 0.6) is 0 Å². The lowest BCUT2D eigenvalue weighted by molar-refractivity contribution is -0.115. The van der Waals surface area contributed by atoms with Crippen molar-refractivity contribution in [1.82, 2.24) is 15.1 Å². The van der Waals surface area contributed by atoms with Crippen molar-refractivity contribution in [2.45, 2.75) is 46.1 Å². The minimum absolute atomic E-state index is 0.0113. The smallest absolute Gasteiger partial charge is 0.238 e. The summed E-state index contributed by atoms with van der Waals surface area (Å²) in [5.74, 6) is 0.482. The first-order valence-electron chi connectivity index (χ1n) is 10.1. The molecular formula is C23H30N4OS. The molecular weight excluding hydrogens is 380 g/mol. The van der Waals surface area contributed by atoms with Crippen LogP contribution in [0.3, 0.4) is 0 Å². The van der Waals surface area contributed by atoms with Crippen molar-refractivity contribution in [3.63, 3.8) is 0 Å². The van der Waals surface area contributed by atoms with E-state index in [4.69, 9.17) is 0 Å². The number of anilines is 1. The Bertz CT molecular complexity index is 944. The molecule has 0 aliphatic carbocycles. The average Bonchev–Trinajstić information content (AvgIpc) is 3.33. The fourth-order valence-corrected chi connectivity index (χ4v) is 4.25. The van der Waals surface area contributed by atoms with Gasteiger partial charge in [0.05, 0.1) is 29.7 Å². The summed E-state index contributed by atoms with van der Waals surface area (Å²) >= 11 is 1.70. The molecule has 0 saturated heterocycles. The lowest BCUT2D eigenvalue weighted by Crippen LogP contribution is -2.31. The van der Waals surface area contributed by atoms with E-state index in [1.807, 2.05) is 27.0 Å². The SMILES string of the molecule is CC[C@H](C)c1ccc([C@H](NCC(=O)Nc2c(C)nn(C)c2C)c2cccs2)cc1. The Morgan fingerprint density at radius 3 is 2.41 bits per heavy atom. The number of rotatable bonds is 8. The summed E-state index contributed by atoms with van der Waals surface area (Å²) in [7, 11) is 1.88. The molecule has 154 valence electrons. The fraction of sp³-hybridized carbons (Fsp3) is 0.391. The zero-order valence-corrected chi connectivity index (χ0v) is 18.6. The first-order valence-corrected chi connectivity index (χ1v) is 10.9. The number of hydrogen-bond acceptors (Lipinski definition) is 4. The van der Waals surface area contributed by atoms with E-state index >= 15 is 0 Å². The molecule has 0 unspecified atom stereocenters. The summed E-state index contributed by atoms with van der Waals surface area (Å²) in [5.41, 5.74) is 5.09. The second-order valence-corrected chi connectivity index (χ2v) is 8.50. The first kappa shape index (κ1) is 21.3. The van der Waals surface area contributed by atoms with Crippen molar-refractivity contribution in [2.75, 3.05) is 11.9 Å². The second-order valence-electron chi connectivity index (χ2n) is 7.52. The Kier molecular flexibility index (Phi) is 6.87. The quantitative estimate of drug-likeness (QED) is 0.554. The Morgan fingerprint density at radius 2 is 1.86 bits per heavy atom. The number of aryl methyl sites for hydroxylation is 2. The molecule has 0 saturated carbocycles. The highest BCUT2D eigenvalue weighted by Crippen LogP contribution is 2.28. The normalized spacial score (nSPS) is 13.3. The van der Waals surface area contributed by atoms with E-state index < -0.39 is 0 Å². The number of aromatic nitrogens is 2. The molecule has 0 bridgehead atoms. The number of benzene rings is 1. The summed E-state index contributed by atoms with van der Waals surface area (Å²) in [6.45, 7) is 8.54. The topological polar surface area (TPSA) is 59.0 Å². The van der Waals surface area contributed by atoms with Crippen molar-refractivity contribution >= 4 is 22.9 Å². The van der Waals surface area contributed by atoms with Crippen molar-refractivity contribution in [3.8, 4) is 0 Å². The third-order valence-electron chi connectivity index (χ3n) is 5.52. The molecule has 2 N–H and O–H groups in total. The number of carbonyl (C=O) groups excluding carboxylic acids is 1. The van der Waals surface area contributed by atoms with E-state index in [9.17, 15) is 4.79 Å². The summed E-state index contributed by atoms with van der Waals surface area (Å²) < 4.78 is 1.78. The van der Waals surface area contributed by atoms with Crippen molar-refractivity contribution in [1.29, 1.82) is 0 Å². The third kappa shape index (κ3) is 4.95. The molecule has 29 heavy (non-hydrogen) atoms. The molecule has 0 fully saturated rings. The standard InChI is InChI=1S/C23H30N4OS/c1-6-15(2)18-9-11-19(12-10-18)23(20-8-7-13-29-20)24-14-21(28)25-22-16(3)26-27(5)17(22)4/h7-13,15,23-24H,6,14H2,1-5H3,(H,25,28)/t15-,23-/m0/s1. The second kappa shape index (κ2) is 9.37. The number of carbonyl (C=O) groups is 1. The maximum Gasteiger partial charge on any atom is 0.238 e. The minimum atomic E-state index is -0.0676.